The third-order valence-corrected chi connectivity index (χ3v) is 8.17. The molecule has 0 aliphatic rings. The predicted molar refractivity (Wildman–Crippen MR) is 107 cm³/mol. The summed E-state index contributed by atoms with van der Waals surface area (Å²) in [5, 5.41) is 2.30. The van der Waals surface area contributed by atoms with E-state index < -0.39 is 0 Å². The molecule has 1 aromatic rings. The van der Waals surface area contributed by atoms with Gasteiger partial charge in [-0.15, -0.1) is 0 Å². The molecule has 0 N–H and O–H groups in total. The SMILES string of the molecule is O=C(Sc1ccc(Cl)cc1)N(CC(Br)CBr)CC(Br)CBr. The highest BCUT2D eigenvalue weighted by Crippen LogP contribution is 2.25. The molecule has 21 heavy (non-hydrogen) atoms. The van der Waals surface area contributed by atoms with Crippen LogP contribution >= 0.6 is 87.1 Å². The van der Waals surface area contributed by atoms with Gasteiger partial charge in [-0.25, -0.2) is 0 Å². The summed E-state index contributed by atoms with van der Waals surface area (Å²) >= 11 is 21.0. The normalized spacial score (nSPS) is 13.8. The lowest BCUT2D eigenvalue weighted by Crippen LogP contribution is -2.38. The van der Waals surface area contributed by atoms with Crippen LogP contribution in [0.1, 0.15) is 0 Å². The third kappa shape index (κ3) is 8.06. The molecule has 0 aliphatic carbocycles. The van der Waals surface area contributed by atoms with Crippen molar-refractivity contribution in [2.75, 3.05) is 23.7 Å². The van der Waals surface area contributed by atoms with E-state index in [1.807, 2.05) is 17.0 Å². The molecule has 0 saturated heterocycles. The van der Waals surface area contributed by atoms with Crippen LogP contribution < -0.4 is 0 Å². The average Bonchev–Trinajstić information content (AvgIpc) is 2.48. The van der Waals surface area contributed by atoms with E-state index in [0.29, 0.717) is 18.1 Å². The second-order valence-electron chi connectivity index (χ2n) is 4.23. The lowest BCUT2D eigenvalue weighted by atomic mass is 10.4. The van der Waals surface area contributed by atoms with Crippen molar-refractivity contribution in [3.63, 3.8) is 0 Å². The monoisotopic (exact) mass is 583 g/mol. The Morgan fingerprint density at radius 3 is 2.00 bits per heavy atom. The number of halogens is 5. The van der Waals surface area contributed by atoms with Gasteiger partial charge in [0.25, 0.3) is 5.24 Å². The van der Waals surface area contributed by atoms with Crippen molar-refractivity contribution in [1.82, 2.24) is 4.90 Å². The van der Waals surface area contributed by atoms with Crippen LogP contribution in [0.5, 0.6) is 0 Å². The van der Waals surface area contributed by atoms with Gasteiger partial charge in [-0.2, -0.15) is 0 Å². The fraction of sp³-hybridized carbons (Fsp3) is 0.462. The van der Waals surface area contributed by atoms with Crippen molar-refractivity contribution >= 4 is 92.3 Å². The molecule has 2 nitrogen and oxygen atoms in total. The Labute approximate surface area is 168 Å². The van der Waals surface area contributed by atoms with Gasteiger partial charge in [-0.05, 0) is 36.0 Å². The van der Waals surface area contributed by atoms with Gasteiger partial charge in [-0.3, -0.25) is 4.79 Å². The van der Waals surface area contributed by atoms with Crippen LogP contribution in [0.15, 0.2) is 29.2 Å². The second kappa shape index (κ2) is 10.9. The fourth-order valence-corrected chi connectivity index (χ4v) is 3.45. The molecule has 1 aromatic carbocycles. The summed E-state index contributed by atoms with van der Waals surface area (Å²) in [4.78, 5) is 15.7. The maximum Gasteiger partial charge on any atom is 0.286 e. The molecular weight excluding hydrogens is 573 g/mol. The van der Waals surface area contributed by atoms with Crippen molar-refractivity contribution in [2.24, 2.45) is 0 Å². The standard InChI is InChI=1S/C13H14Br4ClNOS/c14-5-9(16)7-19(8-10(17)6-15)13(20)21-12-3-1-11(18)2-4-12/h1-4,9-10H,5-8H2. The quantitative estimate of drug-likeness (QED) is 0.281. The summed E-state index contributed by atoms with van der Waals surface area (Å²) < 4.78 is 0. The molecule has 0 radical (unpaired) electrons. The Kier molecular flexibility index (Phi) is 10.6. The summed E-state index contributed by atoms with van der Waals surface area (Å²) in [6, 6.07) is 7.29. The fourth-order valence-electron chi connectivity index (χ4n) is 1.47. The molecule has 118 valence electrons. The molecule has 1 rings (SSSR count). The van der Waals surface area contributed by atoms with E-state index in [2.05, 4.69) is 63.7 Å². The molecule has 0 spiro atoms. The van der Waals surface area contributed by atoms with Crippen LogP contribution in [0.4, 0.5) is 4.79 Å². The minimum absolute atomic E-state index is 0.0353. The Bertz CT molecular complexity index is 436. The van der Waals surface area contributed by atoms with Crippen molar-refractivity contribution in [3.8, 4) is 0 Å². The molecule has 0 aliphatic heterocycles. The van der Waals surface area contributed by atoms with Crippen molar-refractivity contribution in [1.29, 1.82) is 0 Å². The summed E-state index contributed by atoms with van der Waals surface area (Å²) in [5.41, 5.74) is 0. The number of nitrogens with zero attached hydrogens (tertiary/aromatic N) is 1. The van der Waals surface area contributed by atoms with Gasteiger partial charge in [0, 0.05) is 43.3 Å². The van der Waals surface area contributed by atoms with E-state index in [1.165, 1.54) is 11.8 Å². The topological polar surface area (TPSA) is 20.3 Å². The first-order valence-electron chi connectivity index (χ1n) is 6.08. The van der Waals surface area contributed by atoms with Gasteiger partial charge in [0.2, 0.25) is 0 Å². The first-order valence-corrected chi connectivity index (χ1v) is 11.4. The van der Waals surface area contributed by atoms with E-state index in [1.54, 1.807) is 12.1 Å². The van der Waals surface area contributed by atoms with Crippen molar-refractivity contribution in [2.45, 2.75) is 14.5 Å². The van der Waals surface area contributed by atoms with Gasteiger partial charge < -0.3 is 4.90 Å². The van der Waals surface area contributed by atoms with Gasteiger partial charge in [0.05, 0.1) is 0 Å². The molecule has 1 amide bonds. The largest absolute Gasteiger partial charge is 0.331 e. The minimum atomic E-state index is 0.0353. The Morgan fingerprint density at radius 1 is 1.10 bits per heavy atom. The number of amides is 1. The van der Waals surface area contributed by atoms with Crippen LogP contribution in [0.25, 0.3) is 0 Å². The third-order valence-electron chi connectivity index (χ3n) is 2.45. The van der Waals surface area contributed by atoms with Gasteiger partial charge in [0.1, 0.15) is 0 Å². The minimum Gasteiger partial charge on any atom is -0.331 e. The van der Waals surface area contributed by atoms with E-state index in [-0.39, 0.29) is 14.9 Å². The second-order valence-corrected chi connectivity index (χ2v) is 9.58. The van der Waals surface area contributed by atoms with Crippen molar-refractivity contribution in [3.05, 3.63) is 29.3 Å². The van der Waals surface area contributed by atoms with E-state index >= 15 is 0 Å². The average molecular weight is 587 g/mol. The van der Waals surface area contributed by atoms with Crippen LogP contribution in [-0.4, -0.2) is 43.5 Å². The maximum atomic E-state index is 12.5. The molecule has 0 heterocycles. The van der Waals surface area contributed by atoms with Crippen molar-refractivity contribution < 1.29 is 4.79 Å². The molecule has 0 bridgehead atoms. The smallest absolute Gasteiger partial charge is 0.286 e. The summed E-state index contributed by atoms with van der Waals surface area (Å²) in [5.74, 6) is 0. The maximum absolute atomic E-state index is 12.5. The number of benzene rings is 1. The number of carbonyl (C=O) groups is 1. The number of carbonyl (C=O) groups excluding carboxylic acids is 1. The Balaban J connectivity index is 2.71. The van der Waals surface area contributed by atoms with Crippen LogP contribution in [0, 0.1) is 0 Å². The van der Waals surface area contributed by atoms with Crippen LogP contribution in [0.3, 0.4) is 0 Å². The number of hydrogen-bond donors (Lipinski definition) is 0. The zero-order valence-electron chi connectivity index (χ0n) is 10.9. The summed E-state index contributed by atoms with van der Waals surface area (Å²) in [6.45, 7) is 1.31. The first kappa shape index (κ1) is 20.3. The lowest BCUT2D eigenvalue weighted by molar-refractivity contribution is 0.225. The Morgan fingerprint density at radius 2 is 1.57 bits per heavy atom. The molecule has 2 atom stereocenters. The lowest BCUT2D eigenvalue weighted by Gasteiger charge is -2.26. The van der Waals surface area contributed by atoms with Crippen LogP contribution in [-0.2, 0) is 0 Å². The zero-order valence-corrected chi connectivity index (χ0v) is 18.9. The molecular formula is C13H14Br4ClNOS. The molecule has 0 fully saturated rings. The van der Waals surface area contributed by atoms with E-state index in [0.717, 1.165) is 15.6 Å². The number of thioether (sulfide) groups is 1. The van der Waals surface area contributed by atoms with Gasteiger partial charge in [0.15, 0.2) is 0 Å². The predicted octanol–water partition coefficient (Wildman–Crippen LogP) is 6.17. The Hall–Kier alpha value is 1.25. The molecule has 0 saturated carbocycles. The molecule has 0 aromatic heterocycles. The number of hydrogen-bond acceptors (Lipinski definition) is 2. The number of alkyl halides is 4. The highest BCUT2D eigenvalue weighted by Gasteiger charge is 2.20. The summed E-state index contributed by atoms with van der Waals surface area (Å²) in [7, 11) is 0. The van der Waals surface area contributed by atoms with Crippen LogP contribution in [0.2, 0.25) is 5.02 Å². The summed E-state index contributed by atoms with van der Waals surface area (Å²) in [6.07, 6.45) is 0. The van der Waals surface area contributed by atoms with Gasteiger partial charge in [-0.1, -0.05) is 75.3 Å². The van der Waals surface area contributed by atoms with Gasteiger partial charge >= 0.3 is 0 Å². The highest BCUT2D eigenvalue weighted by molar-refractivity contribution is 9.12. The first-order chi connectivity index (χ1) is 9.96. The molecule has 8 heteroatoms. The van der Waals surface area contributed by atoms with E-state index in [9.17, 15) is 4.79 Å². The highest BCUT2D eigenvalue weighted by atomic mass is 79.9. The molecule has 2 unspecified atom stereocenters. The van der Waals surface area contributed by atoms with E-state index in [4.69, 9.17) is 11.6 Å². The zero-order chi connectivity index (χ0) is 15.8. The number of rotatable bonds is 7.